The van der Waals surface area contributed by atoms with Crippen molar-refractivity contribution in [2.24, 2.45) is 0 Å². The average molecular weight is 290 g/mol. The minimum Gasteiger partial charge on any atom is -0.381 e. The monoisotopic (exact) mass is 289 g/mol. The van der Waals surface area contributed by atoms with Gasteiger partial charge in [-0.25, -0.2) is 4.98 Å². The highest BCUT2D eigenvalue weighted by molar-refractivity contribution is 9.10. The van der Waals surface area contributed by atoms with E-state index in [0.717, 1.165) is 20.1 Å². The number of aromatic nitrogens is 1. The zero-order chi connectivity index (χ0) is 10.1. The Bertz CT molecular complexity index is 397. The SMILES string of the molecule is Cc1nc(C(O)c2cc(Br)cs2)cs1. The van der Waals surface area contributed by atoms with Crippen molar-refractivity contribution in [3.05, 3.63) is 36.9 Å². The summed E-state index contributed by atoms with van der Waals surface area (Å²) in [4.78, 5) is 5.17. The van der Waals surface area contributed by atoms with Crippen molar-refractivity contribution in [3.8, 4) is 0 Å². The van der Waals surface area contributed by atoms with Gasteiger partial charge in [-0.05, 0) is 28.9 Å². The van der Waals surface area contributed by atoms with E-state index < -0.39 is 6.10 Å². The standard InChI is InChI=1S/C9H8BrNOS2/c1-5-11-7(4-13-5)9(12)8-2-6(10)3-14-8/h2-4,9,12H,1H3. The molecule has 0 saturated carbocycles. The van der Waals surface area contributed by atoms with Gasteiger partial charge >= 0.3 is 0 Å². The maximum absolute atomic E-state index is 9.95. The summed E-state index contributed by atoms with van der Waals surface area (Å²) in [5, 5.41) is 14.8. The van der Waals surface area contributed by atoms with E-state index in [1.807, 2.05) is 23.8 Å². The van der Waals surface area contributed by atoms with E-state index in [1.165, 1.54) is 11.3 Å². The van der Waals surface area contributed by atoms with Gasteiger partial charge < -0.3 is 5.11 Å². The quantitative estimate of drug-likeness (QED) is 0.920. The number of hydrogen-bond acceptors (Lipinski definition) is 4. The van der Waals surface area contributed by atoms with E-state index in [2.05, 4.69) is 20.9 Å². The van der Waals surface area contributed by atoms with E-state index in [-0.39, 0.29) is 0 Å². The third-order valence-corrected chi connectivity index (χ3v) is 4.31. The molecule has 0 bridgehead atoms. The lowest BCUT2D eigenvalue weighted by Crippen LogP contribution is -1.96. The number of rotatable bonds is 2. The highest BCUT2D eigenvalue weighted by Gasteiger charge is 2.14. The Morgan fingerprint density at radius 1 is 1.43 bits per heavy atom. The minimum atomic E-state index is -0.587. The first kappa shape index (κ1) is 10.3. The van der Waals surface area contributed by atoms with Crippen LogP contribution >= 0.6 is 38.6 Å². The molecule has 0 radical (unpaired) electrons. The maximum Gasteiger partial charge on any atom is 0.131 e. The smallest absolute Gasteiger partial charge is 0.131 e. The first-order valence-electron chi connectivity index (χ1n) is 4.01. The molecule has 14 heavy (non-hydrogen) atoms. The lowest BCUT2D eigenvalue weighted by Gasteiger charge is -2.03. The van der Waals surface area contributed by atoms with Gasteiger partial charge in [0, 0.05) is 20.1 Å². The molecule has 0 amide bonds. The number of halogens is 1. The Kier molecular flexibility index (Phi) is 3.02. The third kappa shape index (κ3) is 2.06. The molecule has 0 aliphatic rings. The van der Waals surface area contributed by atoms with Crippen molar-refractivity contribution >= 4 is 38.6 Å². The molecule has 0 saturated heterocycles. The molecular formula is C9H8BrNOS2. The van der Waals surface area contributed by atoms with Gasteiger partial charge in [0.05, 0.1) is 10.7 Å². The van der Waals surface area contributed by atoms with E-state index in [1.54, 1.807) is 11.3 Å². The predicted molar refractivity (Wildman–Crippen MR) is 62.9 cm³/mol. The summed E-state index contributed by atoms with van der Waals surface area (Å²) in [5.41, 5.74) is 0.738. The predicted octanol–water partition coefficient (Wildman–Crippen LogP) is 3.36. The molecular weight excluding hydrogens is 282 g/mol. The second-order valence-electron chi connectivity index (χ2n) is 2.86. The normalized spacial score (nSPS) is 13.1. The van der Waals surface area contributed by atoms with Crippen LogP contribution in [0.4, 0.5) is 0 Å². The Morgan fingerprint density at radius 3 is 2.71 bits per heavy atom. The highest BCUT2D eigenvalue weighted by Crippen LogP contribution is 2.30. The molecule has 0 spiro atoms. The number of thiazole rings is 1. The zero-order valence-corrected chi connectivity index (χ0v) is 10.6. The minimum absolute atomic E-state index is 0.587. The summed E-state index contributed by atoms with van der Waals surface area (Å²) in [6.45, 7) is 1.94. The number of aliphatic hydroxyl groups is 1. The second kappa shape index (κ2) is 4.10. The number of thiophene rings is 1. The van der Waals surface area contributed by atoms with Crippen LogP contribution in [-0.2, 0) is 0 Å². The van der Waals surface area contributed by atoms with Gasteiger partial charge in [0.2, 0.25) is 0 Å². The molecule has 5 heteroatoms. The molecule has 74 valence electrons. The topological polar surface area (TPSA) is 33.1 Å². The Morgan fingerprint density at radius 2 is 2.21 bits per heavy atom. The van der Waals surface area contributed by atoms with Crippen LogP contribution in [-0.4, -0.2) is 10.1 Å². The van der Waals surface area contributed by atoms with Crippen LogP contribution in [0.1, 0.15) is 21.7 Å². The summed E-state index contributed by atoms with van der Waals surface area (Å²) < 4.78 is 1.00. The summed E-state index contributed by atoms with van der Waals surface area (Å²) in [6.07, 6.45) is -0.587. The van der Waals surface area contributed by atoms with Gasteiger partial charge in [0.15, 0.2) is 0 Å². The van der Waals surface area contributed by atoms with E-state index >= 15 is 0 Å². The van der Waals surface area contributed by atoms with Gasteiger partial charge in [0.1, 0.15) is 6.10 Å². The first-order valence-corrected chi connectivity index (χ1v) is 6.56. The third-order valence-electron chi connectivity index (χ3n) is 1.77. The fourth-order valence-electron chi connectivity index (χ4n) is 1.12. The molecule has 0 aliphatic heterocycles. The van der Waals surface area contributed by atoms with Crippen molar-refractivity contribution in [3.63, 3.8) is 0 Å². The lowest BCUT2D eigenvalue weighted by atomic mass is 10.2. The summed E-state index contributed by atoms with van der Waals surface area (Å²) >= 11 is 6.45. The fraction of sp³-hybridized carbons (Fsp3) is 0.222. The molecule has 2 rings (SSSR count). The summed E-state index contributed by atoms with van der Waals surface area (Å²) in [5.74, 6) is 0. The number of hydrogen-bond donors (Lipinski definition) is 1. The first-order chi connectivity index (χ1) is 6.66. The highest BCUT2D eigenvalue weighted by atomic mass is 79.9. The molecule has 0 aromatic carbocycles. The van der Waals surface area contributed by atoms with Crippen LogP contribution in [0.5, 0.6) is 0 Å². The van der Waals surface area contributed by atoms with Gasteiger partial charge in [-0.2, -0.15) is 0 Å². The van der Waals surface area contributed by atoms with Crippen LogP contribution < -0.4 is 0 Å². The molecule has 0 aliphatic carbocycles. The fourth-order valence-corrected chi connectivity index (χ4v) is 3.19. The van der Waals surface area contributed by atoms with E-state index in [0.29, 0.717) is 0 Å². The molecule has 1 unspecified atom stereocenters. The van der Waals surface area contributed by atoms with Crippen molar-refractivity contribution in [2.75, 3.05) is 0 Å². The van der Waals surface area contributed by atoms with Crippen LogP contribution in [0.2, 0.25) is 0 Å². The van der Waals surface area contributed by atoms with Crippen molar-refractivity contribution in [1.82, 2.24) is 4.98 Å². The van der Waals surface area contributed by atoms with Crippen molar-refractivity contribution < 1.29 is 5.11 Å². The van der Waals surface area contributed by atoms with Crippen molar-refractivity contribution in [2.45, 2.75) is 13.0 Å². The molecule has 1 N–H and O–H groups in total. The van der Waals surface area contributed by atoms with Crippen LogP contribution in [0.25, 0.3) is 0 Å². The van der Waals surface area contributed by atoms with Gasteiger partial charge in [0.25, 0.3) is 0 Å². The average Bonchev–Trinajstić information content (AvgIpc) is 2.73. The largest absolute Gasteiger partial charge is 0.381 e. The van der Waals surface area contributed by atoms with Gasteiger partial charge in [-0.3, -0.25) is 0 Å². The molecule has 2 nitrogen and oxygen atoms in total. The maximum atomic E-state index is 9.95. The van der Waals surface area contributed by atoms with E-state index in [9.17, 15) is 5.11 Å². The van der Waals surface area contributed by atoms with Gasteiger partial charge in [-0.15, -0.1) is 22.7 Å². The summed E-state index contributed by atoms with van der Waals surface area (Å²) in [7, 11) is 0. The number of aryl methyl sites for hydroxylation is 1. The van der Waals surface area contributed by atoms with Gasteiger partial charge in [-0.1, -0.05) is 0 Å². The van der Waals surface area contributed by atoms with E-state index in [4.69, 9.17) is 0 Å². The molecule has 2 heterocycles. The molecule has 2 aromatic heterocycles. The Labute approximate surface area is 98.4 Å². The second-order valence-corrected chi connectivity index (χ2v) is 5.78. The van der Waals surface area contributed by atoms with Crippen LogP contribution in [0.3, 0.4) is 0 Å². The van der Waals surface area contributed by atoms with Crippen LogP contribution in [0, 0.1) is 6.92 Å². The number of aliphatic hydroxyl groups excluding tert-OH is 1. The molecule has 0 fully saturated rings. The molecule has 2 aromatic rings. The zero-order valence-electron chi connectivity index (χ0n) is 7.40. The summed E-state index contributed by atoms with van der Waals surface area (Å²) in [6, 6.07) is 1.92. The van der Waals surface area contributed by atoms with Crippen molar-refractivity contribution in [1.29, 1.82) is 0 Å². The Hall–Kier alpha value is -0.230. The number of nitrogens with zero attached hydrogens (tertiary/aromatic N) is 1. The Balaban J connectivity index is 2.28. The lowest BCUT2D eigenvalue weighted by molar-refractivity contribution is 0.220. The van der Waals surface area contributed by atoms with Crippen LogP contribution in [0.15, 0.2) is 21.3 Å². The molecule has 1 atom stereocenters.